The zero-order valence-corrected chi connectivity index (χ0v) is 18.4. The number of alkyl halides is 1. The summed E-state index contributed by atoms with van der Waals surface area (Å²) in [7, 11) is 0. The first-order valence-electron chi connectivity index (χ1n) is 12.0. The maximum atomic E-state index is 15.4. The van der Waals surface area contributed by atoms with E-state index >= 15 is 4.39 Å². The van der Waals surface area contributed by atoms with E-state index in [4.69, 9.17) is 4.98 Å². The lowest BCUT2D eigenvalue weighted by Crippen LogP contribution is -2.23. The number of fused-ring (bicyclic) bond motifs is 1. The molecule has 166 valence electrons. The van der Waals surface area contributed by atoms with Crippen LogP contribution in [0.3, 0.4) is 0 Å². The van der Waals surface area contributed by atoms with Crippen LogP contribution in [0.2, 0.25) is 0 Å². The minimum Gasteiger partial charge on any atom is -0.481 e. The van der Waals surface area contributed by atoms with Crippen molar-refractivity contribution in [1.29, 1.82) is 0 Å². The molecule has 3 nitrogen and oxygen atoms in total. The highest BCUT2D eigenvalue weighted by molar-refractivity contribution is 5.76. The maximum absolute atomic E-state index is 15.4. The summed E-state index contributed by atoms with van der Waals surface area (Å²) in [6.07, 6.45) is 10.7. The van der Waals surface area contributed by atoms with Gasteiger partial charge in [0.15, 0.2) is 0 Å². The van der Waals surface area contributed by atoms with E-state index in [9.17, 15) is 9.90 Å². The number of hydrogen-bond donors (Lipinski definition) is 1. The molecule has 4 heteroatoms. The molecule has 4 rings (SSSR count). The molecule has 0 saturated heterocycles. The molecule has 1 aromatic carbocycles. The Hall–Kier alpha value is -2.23. The van der Waals surface area contributed by atoms with Gasteiger partial charge in [-0.3, -0.25) is 9.78 Å². The van der Waals surface area contributed by atoms with Crippen LogP contribution in [0, 0.1) is 5.92 Å². The van der Waals surface area contributed by atoms with Gasteiger partial charge in [0.1, 0.15) is 5.67 Å². The summed E-state index contributed by atoms with van der Waals surface area (Å²) in [6, 6.07) is 13.7. The van der Waals surface area contributed by atoms with Crippen LogP contribution in [0.15, 0.2) is 42.5 Å². The second kappa shape index (κ2) is 9.93. The minimum absolute atomic E-state index is 0.121. The number of nitrogens with zero attached hydrogens (tertiary/aromatic N) is 1. The number of unbranched alkanes of at least 4 members (excludes halogenated alkanes) is 2. The number of pyridine rings is 1. The fourth-order valence-electron chi connectivity index (χ4n) is 5.60. The van der Waals surface area contributed by atoms with Crippen molar-refractivity contribution >= 4 is 5.97 Å². The van der Waals surface area contributed by atoms with Gasteiger partial charge in [-0.25, -0.2) is 4.39 Å². The average molecular weight is 424 g/mol. The number of aromatic nitrogens is 1. The Morgan fingerprint density at radius 3 is 2.71 bits per heavy atom. The number of rotatable bonds is 9. The molecule has 3 atom stereocenters. The Morgan fingerprint density at radius 1 is 1.10 bits per heavy atom. The number of carbonyl (C=O) groups is 1. The number of halogens is 1. The molecule has 31 heavy (non-hydrogen) atoms. The predicted molar refractivity (Wildman–Crippen MR) is 121 cm³/mol. The van der Waals surface area contributed by atoms with Crippen molar-refractivity contribution in [2.75, 3.05) is 0 Å². The number of carboxylic acids is 1. The Balaban J connectivity index is 1.23. The Kier molecular flexibility index (Phi) is 7.04. The average Bonchev–Trinajstić information content (AvgIpc) is 3.15. The fourth-order valence-corrected chi connectivity index (χ4v) is 5.60. The zero-order valence-electron chi connectivity index (χ0n) is 18.4. The fraction of sp³-hybridized carbons (Fsp3) is 0.556. The van der Waals surface area contributed by atoms with Gasteiger partial charge in [-0.05, 0) is 87.3 Å². The van der Waals surface area contributed by atoms with Crippen molar-refractivity contribution in [3.8, 4) is 0 Å². The van der Waals surface area contributed by atoms with Gasteiger partial charge in [0.05, 0.1) is 5.92 Å². The molecule has 0 radical (unpaired) electrons. The Morgan fingerprint density at radius 2 is 1.90 bits per heavy atom. The zero-order chi connectivity index (χ0) is 21.7. The van der Waals surface area contributed by atoms with Crippen LogP contribution in [-0.2, 0) is 24.1 Å². The molecule has 2 aliphatic rings. The van der Waals surface area contributed by atoms with Crippen molar-refractivity contribution in [1.82, 2.24) is 4.98 Å². The maximum Gasteiger partial charge on any atom is 0.311 e. The summed E-state index contributed by atoms with van der Waals surface area (Å²) < 4.78 is 15.4. The molecule has 1 fully saturated rings. The molecule has 0 spiro atoms. The van der Waals surface area contributed by atoms with Crippen molar-refractivity contribution in [2.24, 2.45) is 5.92 Å². The molecule has 2 aromatic rings. The van der Waals surface area contributed by atoms with Crippen molar-refractivity contribution in [3.63, 3.8) is 0 Å². The summed E-state index contributed by atoms with van der Waals surface area (Å²) in [6.45, 7) is 0. The van der Waals surface area contributed by atoms with Crippen molar-refractivity contribution in [2.45, 2.75) is 88.6 Å². The summed E-state index contributed by atoms with van der Waals surface area (Å²) in [5.74, 6) is -1.56. The lowest BCUT2D eigenvalue weighted by Gasteiger charge is -2.23. The molecule has 1 unspecified atom stereocenters. The van der Waals surface area contributed by atoms with Crippen molar-refractivity contribution < 1.29 is 14.3 Å². The van der Waals surface area contributed by atoms with Gasteiger partial charge < -0.3 is 5.11 Å². The first-order valence-corrected chi connectivity index (χ1v) is 12.0. The van der Waals surface area contributed by atoms with Gasteiger partial charge in [-0.1, -0.05) is 49.2 Å². The van der Waals surface area contributed by atoms with Crippen LogP contribution in [0.25, 0.3) is 0 Å². The normalized spacial score (nSPS) is 24.0. The third-order valence-electron chi connectivity index (χ3n) is 7.28. The summed E-state index contributed by atoms with van der Waals surface area (Å²) in [5.41, 5.74) is 3.46. The van der Waals surface area contributed by atoms with E-state index < -0.39 is 17.6 Å². The van der Waals surface area contributed by atoms with Crippen LogP contribution in [0.1, 0.15) is 86.2 Å². The van der Waals surface area contributed by atoms with Crippen LogP contribution >= 0.6 is 0 Å². The van der Waals surface area contributed by atoms with Crippen LogP contribution < -0.4 is 0 Å². The van der Waals surface area contributed by atoms with E-state index in [-0.39, 0.29) is 5.92 Å². The summed E-state index contributed by atoms with van der Waals surface area (Å²) in [4.78, 5) is 16.7. The molecule has 2 aliphatic carbocycles. The van der Waals surface area contributed by atoms with Gasteiger partial charge >= 0.3 is 5.97 Å². The van der Waals surface area contributed by atoms with Gasteiger partial charge in [-0.2, -0.15) is 0 Å². The number of carboxylic acid groups (broad SMARTS) is 1. The highest BCUT2D eigenvalue weighted by Gasteiger charge is 2.44. The quantitative estimate of drug-likeness (QED) is 0.472. The van der Waals surface area contributed by atoms with Gasteiger partial charge in [0.25, 0.3) is 0 Å². The lowest BCUT2D eigenvalue weighted by molar-refractivity contribution is -0.140. The van der Waals surface area contributed by atoms with Gasteiger partial charge in [0.2, 0.25) is 0 Å². The molecular formula is C27H34FNO2. The van der Waals surface area contributed by atoms with E-state index in [1.165, 1.54) is 29.8 Å². The first-order chi connectivity index (χ1) is 15.0. The second-order valence-electron chi connectivity index (χ2n) is 9.56. The van der Waals surface area contributed by atoms with E-state index in [2.05, 4.69) is 12.1 Å². The molecule has 0 aliphatic heterocycles. The van der Waals surface area contributed by atoms with Gasteiger partial charge in [0, 0.05) is 11.4 Å². The molecule has 0 amide bonds. The van der Waals surface area contributed by atoms with E-state index in [0.717, 1.165) is 44.1 Å². The SMILES string of the molecule is O=C(O)[C@@H](c1ccccc1)C1CC[C@](F)(CCCCCc2ccc3c(n2)CCCC3)C1. The highest BCUT2D eigenvalue weighted by atomic mass is 19.1. The minimum atomic E-state index is -1.21. The third kappa shape index (κ3) is 5.53. The van der Waals surface area contributed by atoms with E-state index in [1.807, 2.05) is 30.3 Å². The number of aryl methyl sites for hydroxylation is 3. The second-order valence-corrected chi connectivity index (χ2v) is 9.56. The molecule has 0 bridgehead atoms. The first kappa shape index (κ1) is 22.0. The standard InChI is InChI=1S/C27H34FNO2/c28-27(18-16-22(19-27)25(26(30)31)21-10-3-1-4-11-21)17-8-2-5-12-23-15-14-20-9-6-7-13-24(20)29-23/h1,3-4,10-11,14-15,22,25H,2,5-9,12-13,16-19H2,(H,30,31)/t22?,25-,27+/m0/s1. The van der Waals surface area contributed by atoms with Crippen molar-refractivity contribution in [3.05, 3.63) is 65.0 Å². The molecular weight excluding hydrogens is 389 g/mol. The number of hydrogen-bond acceptors (Lipinski definition) is 2. The van der Waals surface area contributed by atoms with E-state index in [0.29, 0.717) is 25.7 Å². The predicted octanol–water partition coefficient (Wildman–Crippen LogP) is 6.44. The largest absolute Gasteiger partial charge is 0.481 e. The number of benzene rings is 1. The summed E-state index contributed by atoms with van der Waals surface area (Å²) >= 11 is 0. The number of aliphatic carboxylic acids is 1. The lowest BCUT2D eigenvalue weighted by atomic mass is 9.83. The molecule has 1 N–H and O–H groups in total. The topological polar surface area (TPSA) is 50.2 Å². The van der Waals surface area contributed by atoms with Crippen LogP contribution in [0.5, 0.6) is 0 Å². The molecule has 1 heterocycles. The van der Waals surface area contributed by atoms with Crippen LogP contribution in [0.4, 0.5) is 4.39 Å². The Labute approximate surface area is 185 Å². The smallest absolute Gasteiger partial charge is 0.311 e. The monoisotopic (exact) mass is 423 g/mol. The highest BCUT2D eigenvalue weighted by Crippen LogP contribution is 2.47. The molecule has 1 saturated carbocycles. The Bertz CT molecular complexity index is 884. The summed E-state index contributed by atoms with van der Waals surface area (Å²) in [5, 5.41) is 9.76. The van der Waals surface area contributed by atoms with E-state index in [1.54, 1.807) is 0 Å². The van der Waals surface area contributed by atoms with Gasteiger partial charge in [-0.15, -0.1) is 0 Å². The molecule has 1 aromatic heterocycles. The third-order valence-corrected chi connectivity index (χ3v) is 7.28. The van der Waals surface area contributed by atoms with Crippen LogP contribution in [-0.4, -0.2) is 21.7 Å².